The maximum atomic E-state index is 5.59. The number of alkyl halides is 1. The topological polar surface area (TPSA) is 18.5 Å². The highest BCUT2D eigenvalue weighted by molar-refractivity contribution is 9.10. The molecule has 0 rings (SSSR count). The second kappa shape index (κ2) is 9.92. The van der Waals surface area contributed by atoms with Gasteiger partial charge in [0.1, 0.15) is 9.52 Å². The molecule has 0 bridgehead atoms. The van der Waals surface area contributed by atoms with E-state index < -0.39 is 4.32 Å². The minimum absolute atomic E-state index is 0. The maximum absolute atomic E-state index is 5.59. The van der Waals surface area contributed by atoms with Crippen molar-refractivity contribution in [2.45, 2.75) is 37.6 Å². The van der Waals surface area contributed by atoms with Crippen LogP contribution in [-0.4, -0.2) is 50.1 Å². The van der Waals surface area contributed by atoms with Gasteiger partial charge in [0.15, 0.2) is 4.32 Å². The third kappa shape index (κ3) is 8.38. The Morgan fingerprint density at radius 1 is 1.15 bits per heavy atom. The summed E-state index contributed by atoms with van der Waals surface area (Å²) < 4.78 is 10.8. The molecule has 0 amide bonds. The first-order valence-corrected chi connectivity index (χ1v) is 7.56. The van der Waals surface area contributed by atoms with Gasteiger partial charge in [-0.2, -0.15) is 0 Å². The Kier molecular flexibility index (Phi) is 12.8. The lowest BCUT2D eigenvalue weighted by Gasteiger charge is -2.26. The summed E-state index contributed by atoms with van der Waals surface area (Å²) in [5.74, 6) is 0. The second-order valence-corrected chi connectivity index (χ2v) is 6.59. The summed E-state index contributed by atoms with van der Waals surface area (Å²) >= 11 is 3.50. The van der Waals surface area contributed by atoms with Crippen LogP contribution in [0.5, 0.6) is 0 Å². The van der Waals surface area contributed by atoms with Crippen molar-refractivity contribution in [3.05, 3.63) is 0 Å². The highest BCUT2D eigenvalue weighted by Crippen LogP contribution is 2.20. The van der Waals surface area contributed by atoms with Gasteiger partial charge in [0.05, 0.1) is 13.2 Å². The fraction of sp³-hybridized carbons (Fsp3) is 1.00. The fourth-order valence-corrected chi connectivity index (χ4v) is 1.78. The molecule has 0 saturated carbocycles. The van der Waals surface area contributed by atoms with Crippen molar-refractivity contribution in [2.75, 3.05) is 13.2 Å². The first-order valence-electron chi connectivity index (χ1n) is 4.65. The molecule has 0 aromatic carbocycles. The fourth-order valence-electron chi connectivity index (χ4n) is 0.755. The van der Waals surface area contributed by atoms with Crippen LogP contribution in [0, 0.1) is 0 Å². The number of rotatable bonds is 7. The van der Waals surface area contributed by atoms with Crippen molar-refractivity contribution < 1.29 is 9.47 Å². The summed E-state index contributed by atoms with van der Waals surface area (Å²) in [6.45, 7) is 7.93. The summed E-state index contributed by atoms with van der Waals surface area (Å²) in [5.41, 5.74) is 0. The van der Waals surface area contributed by atoms with E-state index in [2.05, 4.69) is 36.3 Å². The lowest BCUT2D eigenvalue weighted by Crippen LogP contribution is -2.34. The predicted molar refractivity (Wildman–Crippen MR) is 67.1 cm³/mol. The Hall–Kier alpha value is 1.38. The van der Waals surface area contributed by atoms with Gasteiger partial charge in [-0.15, -0.1) is 0 Å². The molecule has 0 aromatic heterocycles. The second-order valence-electron chi connectivity index (χ2n) is 2.71. The Labute approximate surface area is 108 Å². The Balaban J connectivity index is 0. The highest BCUT2D eigenvalue weighted by atomic mass is 79.9. The zero-order valence-corrected chi connectivity index (χ0v) is 11.2. The molecule has 13 heavy (non-hydrogen) atoms. The van der Waals surface area contributed by atoms with Crippen LogP contribution in [0.2, 0.25) is 6.55 Å². The van der Waals surface area contributed by atoms with Crippen LogP contribution in [0.15, 0.2) is 0 Å². The average Bonchev–Trinajstić information content (AvgIpc) is 2.11. The number of halogens is 1. The van der Waals surface area contributed by atoms with Crippen LogP contribution >= 0.6 is 15.9 Å². The van der Waals surface area contributed by atoms with Gasteiger partial charge in [-0.3, -0.25) is 0 Å². The first kappa shape index (κ1) is 16.8. The molecule has 0 fully saturated rings. The van der Waals surface area contributed by atoms with E-state index in [-0.39, 0.29) is 32.6 Å². The minimum Gasteiger partial charge on any atom is -0.345 e. The third-order valence-electron chi connectivity index (χ3n) is 1.47. The van der Waals surface area contributed by atoms with E-state index in [4.69, 9.17) is 9.47 Å². The van der Waals surface area contributed by atoms with Crippen molar-refractivity contribution in [1.29, 1.82) is 0 Å². The summed E-state index contributed by atoms with van der Waals surface area (Å²) in [5, 5.41) is 0. The molecule has 0 radical (unpaired) electrons. The maximum Gasteiger partial charge on any atom is 0.316 e. The summed E-state index contributed by atoms with van der Waals surface area (Å²) in [4.78, 5) is 0. The molecule has 0 heterocycles. The molecular weight excluding hydrogens is 260 g/mol. The number of hydrogen-bond donors (Lipinski definition) is 0. The minimum atomic E-state index is -0.404. The summed E-state index contributed by atoms with van der Waals surface area (Å²) in [7, 11) is -0.337. The first-order chi connectivity index (χ1) is 5.68. The number of ether oxygens (including phenoxy) is 2. The van der Waals surface area contributed by atoms with Crippen molar-refractivity contribution in [1.82, 2.24) is 0 Å². The van der Waals surface area contributed by atoms with E-state index in [1.807, 2.05) is 0 Å². The average molecular weight is 282 g/mol. The smallest absolute Gasteiger partial charge is 0.316 e. The molecule has 0 N–H and O–H groups in total. The van der Waals surface area contributed by atoms with E-state index in [0.717, 1.165) is 26.1 Å². The molecule has 0 aromatic rings. The monoisotopic (exact) mass is 280 g/mol. The molecule has 2 nitrogen and oxygen atoms in total. The van der Waals surface area contributed by atoms with Crippen molar-refractivity contribution >= 4 is 48.5 Å². The van der Waals surface area contributed by atoms with Crippen LogP contribution in [0.1, 0.15) is 26.7 Å². The van der Waals surface area contributed by atoms with Crippen molar-refractivity contribution in [3.8, 4) is 0 Å². The number of hydrogen-bond acceptors (Lipinski definition) is 2. The lowest BCUT2D eigenvalue weighted by atomic mass is 10.5. The molecule has 0 atom stereocenters. The van der Waals surface area contributed by atoms with Gasteiger partial charge >= 0.3 is 23.1 Å². The van der Waals surface area contributed by atoms with E-state index in [9.17, 15) is 0 Å². The van der Waals surface area contributed by atoms with E-state index in [1.54, 1.807) is 0 Å². The lowest BCUT2D eigenvalue weighted by molar-refractivity contribution is -0.111. The largest absolute Gasteiger partial charge is 0.345 e. The van der Waals surface area contributed by atoms with Crippen LogP contribution in [0.25, 0.3) is 0 Å². The Morgan fingerprint density at radius 2 is 1.54 bits per heavy atom. The molecule has 5 heteroatoms. The van der Waals surface area contributed by atoms with Crippen molar-refractivity contribution in [2.24, 2.45) is 0 Å². The predicted octanol–water partition coefficient (Wildman–Crippen LogP) is 1.15. The standard InChI is InChI=1S/C8H19BrO2Si.Mg.2H/c1-4-6-10-8(9,12-3)11-7-5-2;;;/h4-7,12H2,1-3H3;;;. The summed E-state index contributed by atoms with van der Waals surface area (Å²) in [6.07, 6.45) is 2.08. The zero-order valence-electron chi connectivity index (χ0n) is 8.23. The third-order valence-corrected chi connectivity index (χ3v) is 4.86. The normalized spacial score (nSPS) is 12.0. The molecular formula is C8H21BrMgO2Si. The molecule has 0 aliphatic heterocycles. The van der Waals surface area contributed by atoms with Crippen LogP contribution in [0.4, 0.5) is 0 Å². The van der Waals surface area contributed by atoms with Crippen LogP contribution in [-0.2, 0) is 9.47 Å². The van der Waals surface area contributed by atoms with Gasteiger partial charge in [0.25, 0.3) is 0 Å². The van der Waals surface area contributed by atoms with Gasteiger partial charge in [-0.05, 0) is 28.8 Å². The SMILES string of the molecule is CCCOC(Br)(OCCC)[SiH2]C.[MgH2]. The van der Waals surface area contributed by atoms with Gasteiger partial charge in [0.2, 0.25) is 0 Å². The molecule has 0 unspecified atom stereocenters. The molecule has 0 saturated heterocycles. The molecule has 0 spiro atoms. The Morgan fingerprint density at radius 3 is 1.77 bits per heavy atom. The van der Waals surface area contributed by atoms with E-state index in [0.29, 0.717) is 0 Å². The summed E-state index contributed by atoms with van der Waals surface area (Å²) in [6, 6.07) is 0. The molecule has 0 aliphatic carbocycles. The highest BCUT2D eigenvalue weighted by Gasteiger charge is 2.24. The van der Waals surface area contributed by atoms with Crippen LogP contribution < -0.4 is 0 Å². The van der Waals surface area contributed by atoms with Gasteiger partial charge in [-0.1, -0.05) is 20.4 Å². The zero-order chi connectivity index (χ0) is 9.45. The quantitative estimate of drug-likeness (QED) is 0.396. The van der Waals surface area contributed by atoms with Gasteiger partial charge < -0.3 is 9.47 Å². The van der Waals surface area contributed by atoms with E-state index in [1.165, 1.54) is 0 Å². The van der Waals surface area contributed by atoms with Gasteiger partial charge in [-0.25, -0.2) is 0 Å². The molecule has 78 valence electrons. The van der Waals surface area contributed by atoms with E-state index >= 15 is 0 Å². The van der Waals surface area contributed by atoms with Crippen molar-refractivity contribution in [3.63, 3.8) is 0 Å². The van der Waals surface area contributed by atoms with Crippen LogP contribution in [0.3, 0.4) is 0 Å². The van der Waals surface area contributed by atoms with Gasteiger partial charge in [0, 0.05) is 0 Å². The Bertz CT molecular complexity index is 108. The molecule has 0 aliphatic rings.